The molecule has 4 rings (SSSR count). The molecule has 0 unspecified atom stereocenters. The molecule has 0 aliphatic carbocycles. The summed E-state index contributed by atoms with van der Waals surface area (Å²) in [5.74, 6) is 1.68. The summed E-state index contributed by atoms with van der Waals surface area (Å²) in [4.78, 5) is 16.0. The number of hydrogen-bond donors (Lipinski definition) is 1. The van der Waals surface area contributed by atoms with Gasteiger partial charge >= 0.3 is 0 Å². The van der Waals surface area contributed by atoms with Crippen LogP contribution in [0.5, 0.6) is 0 Å². The van der Waals surface area contributed by atoms with Gasteiger partial charge in [-0.1, -0.05) is 29.8 Å². The third-order valence-electron chi connectivity index (χ3n) is 4.48. The molecule has 1 aliphatic rings. The van der Waals surface area contributed by atoms with Gasteiger partial charge in [-0.3, -0.25) is 0 Å². The van der Waals surface area contributed by atoms with Gasteiger partial charge in [-0.15, -0.1) is 12.4 Å². The predicted molar refractivity (Wildman–Crippen MR) is 109 cm³/mol. The topological polar surface area (TPSA) is 53.9 Å². The normalized spacial score (nSPS) is 14.1. The summed E-state index contributed by atoms with van der Waals surface area (Å²) in [6.07, 6.45) is 5.48. The van der Waals surface area contributed by atoms with E-state index >= 15 is 0 Å². The van der Waals surface area contributed by atoms with Crippen LogP contribution < -0.4 is 10.2 Å². The summed E-state index contributed by atoms with van der Waals surface area (Å²) in [5, 5.41) is 4.98. The highest BCUT2D eigenvalue weighted by Crippen LogP contribution is 2.25. The van der Waals surface area contributed by atoms with Crippen molar-refractivity contribution in [2.45, 2.75) is 25.8 Å². The van der Waals surface area contributed by atoms with E-state index in [4.69, 9.17) is 21.6 Å². The van der Waals surface area contributed by atoms with Crippen LogP contribution in [0, 0.1) is 0 Å². The molecule has 0 bridgehead atoms. The molecule has 1 N–H and O–H groups in total. The van der Waals surface area contributed by atoms with Crippen molar-refractivity contribution in [2.24, 2.45) is 0 Å². The van der Waals surface area contributed by atoms with E-state index in [1.54, 1.807) is 12.3 Å². The average molecular weight is 390 g/mol. The Hall–Kier alpha value is -2.11. The van der Waals surface area contributed by atoms with E-state index in [0.29, 0.717) is 11.7 Å². The highest BCUT2D eigenvalue weighted by molar-refractivity contribution is 6.29. The van der Waals surface area contributed by atoms with Crippen LogP contribution in [0.3, 0.4) is 0 Å². The second-order valence-electron chi connectivity index (χ2n) is 6.28. The first kappa shape index (κ1) is 18.7. The van der Waals surface area contributed by atoms with Crippen molar-refractivity contribution in [3.63, 3.8) is 0 Å². The second-order valence-corrected chi connectivity index (χ2v) is 6.67. The largest absolute Gasteiger partial charge is 0.365 e. The lowest BCUT2D eigenvalue weighted by molar-refractivity contribution is 0.569. The molecule has 0 atom stereocenters. The van der Waals surface area contributed by atoms with Crippen molar-refractivity contribution < 1.29 is 0 Å². The quantitative estimate of drug-likeness (QED) is 0.655. The van der Waals surface area contributed by atoms with Crippen LogP contribution in [0.15, 0.2) is 42.6 Å². The fourth-order valence-corrected chi connectivity index (χ4v) is 3.24. The van der Waals surface area contributed by atoms with E-state index in [2.05, 4.69) is 21.3 Å². The Morgan fingerprint density at radius 2 is 1.81 bits per heavy atom. The average Bonchev–Trinajstić information content (AvgIpc) is 2.68. The van der Waals surface area contributed by atoms with Crippen LogP contribution in [-0.4, -0.2) is 28.0 Å². The smallest absolute Gasteiger partial charge is 0.227 e. The predicted octanol–water partition coefficient (Wildman–Crippen LogP) is 4.70. The minimum Gasteiger partial charge on any atom is -0.365 e. The lowest BCUT2D eigenvalue weighted by Gasteiger charge is -2.27. The third kappa shape index (κ3) is 4.17. The Morgan fingerprint density at radius 3 is 2.58 bits per heavy atom. The number of nitrogens with one attached hydrogen (secondary N) is 1. The van der Waals surface area contributed by atoms with Gasteiger partial charge in [-0.2, -0.15) is 4.98 Å². The number of anilines is 2. The summed E-state index contributed by atoms with van der Waals surface area (Å²) >= 11 is 5.86. The highest BCUT2D eigenvalue weighted by Gasteiger charge is 2.16. The lowest BCUT2D eigenvalue weighted by atomic mass is 10.1. The molecule has 3 aromatic rings. The van der Waals surface area contributed by atoms with Crippen molar-refractivity contribution in [3.05, 3.63) is 53.3 Å². The first-order chi connectivity index (χ1) is 12.3. The zero-order valence-electron chi connectivity index (χ0n) is 14.4. The van der Waals surface area contributed by atoms with E-state index in [-0.39, 0.29) is 12.4 Å². The molecule has 0 amide bonds. The molecule has 0 saturated carbocycles. The summed E-state index contributed by atoms with van der Waals surface area (Å²) in [5.41, 5.74) is 2.03. The SMILES string of the molecule is Cl.Clc1ccc(CNc2nc(N3CCCCC3)nc3ccccc23)cn1. The van der Waals surface area contributed by atoms with E-state index in [1.165, 1.54) is 19.3 Å². The van der Waals surface area contributed by atoms with Gasteiger partial charge in [0.25, 0.3) is 0 Å². The molecule has 1 saturated heterocycles. The molecular weight excluding hydrogens is 369 g/mol. The molecule has 136 valence electrons. The Labute approximate surface area is 164 Å². The molecule has 1 fully saturated rings. The number of aromatic nitrogens is 3. The van der Waals surface area contributed by atoms with E-state index in [0.717, 1.165) is 41.3 Å². The molecule has 7 heteroatoms. The first-order valence-electron chi connectivity index (χ1n) is 8.66. The fourth-order valence-electron chi connectivity index (χ4n) is 3.13. The standard InChI is InChI=1S/C19H20ClN5.ClH/c20-17-9-8-14(12-21-17)13-22-18-15-6-2-3-7-16(15)23-19(24-18)25-10-4-1-5-11-25;/h2-3,6-9,12H,1,4-5,10-11,13H2,(H,22,23,24);1H. The molecule has 0 spiro atoms. The number of nitrogens with zero attached hydrogens (tertiary/aromatic N) is 4. The first-order valence-corrected chi connectivity index (χ1v) is 9.03. The fraction of sp³-hybridized carbons (Fsp3) is 0.316. The Bertz CT molecular complexity index is 863. The molecule has 1 aromatic carbocycles. The van der Waals surface area contributed by atoms with Gasteiger partial charge in [0.05, 0.1) is 5.52 Å². The number of piperidine rings is 1. The minimum absolute atomic E-state index is 0. The molecule has 2 aromatic heterocycles. The molecular formula is C19H21Cl2N5. The number of hydrogen-bond acceptors (Lipinski definition) is 5. The van der Waals surface area contributed by atoms with E-state index in [1.807, 2.05) is 24.3 Å². The minimum atomic E-state index is 0. The maximum atomic E-state index is 5.86. The van der Waals surface area contributed by atoms with Crippen molar-refractivity contribution >= 4 is 46.7 Å². The number of pyridine rings is 1. The number of rotatable bonds is 4. The van der Waals surface area contributed by atoms with Gasteiger partial charge in [-0.25, -0.2) is 9.97 Å². The van der Waals surface area contributed by atoms with Crippen molar-refractivity contribution in [1.29, 1.82) is 0 Å². The molecule has 1 aliphatic heterocycles. The van der Waals surface area contributed by atoms with Gasteiger partial charge in [0.2, 0.25) is 5.95 Å². The van der Waals surface area contributed by atoms with Crippen LogP contribution in [0.2, 0.25) is 5.15 Å². The van der Waals surface area contributed by atoms with Crippen LogP contribution in [0.4, 0.5) is 11.8 Å². The zero-order valence-corrected chi connectivity index (χ0v) is 15.9. The van der Waals surface area contributed by atoms with Crippen LogP contribution in [-0.2, 0) is 6.54 Å². The molecule has 5 nitrogen and oxygen atoms in total. The Morgan fingerprint density at radius 1 is 1.00 bits per heavy atom. The maximum absolute atomic E-state index is 5.86. The summed E-state index contributed by atoms with van der Waals surface area (Å²) < 4.78 is 0. The Kier molecular flexibility index (Phi) is 6.12. The molecule has 26 heavy (non-hydrogen) atoms. The summed E-state index contributed by atoms with van der Waals surface area (Å²) in [6.45, 7) is 2.70. The third-order valence-corrected chi connectivity index (χ3v) is 4.70. The number of para-hydroxylation sites is 1. The zero-order chi connectivity index (χ0) is 17.1. The van der Waals surface area contributed by atoms with Crippen molar-refractivity contribution in [3.8, 4) is 0 Å². The number of halogens is 2. The van der Waals surface area contributed by atoms with Gasteiger partial charge in [0.15, 0.2) is 0 Å². The molecule has 3 heterocycles. The van der Waals surface area contributed by atoms with Crippen molar-refractivity contribution in [2.75, 3.05) is 23.3 Å². The van der Waals surface area contributed by atoms with Gasteiger partial charge in [0.1, 0.15) is 11.0 Å². The summed E-state index contributed by atoms with van der Waals surface area (Å²) in [6, 6.07) is 11.9. The molecule has 0 radical (unpaired) electrons. The van der Waals surface area contributed by atoms with Gasteiger partial charge < -0.3 is 10.2 Å². The number of fused-ring (bicyclic) bond motifs is 1. The summed E-state index contributed by atoms with van der Waals surface area (Å²) in [7, 11) is 0. The van der Waals surface area contributed by atoms with Gasteiger partial charge in [0, 0.05) is 31.2 Å². The lowest BCUT2D eigenvalue weighted by Crippen LogP contribution is -2.31. The second kappa shape index (κ2) is 8.52. The number of benzene rings is 1. The van der Waals surface area contributed by atoms with Gasteiger partial charge in [-0.05, 0) is 43.0 Å². The highest BCUT2D eigenvalue weighted by atomic mass is 35.5. The van der Waals surface area contributed by atoms with E-state index in [9.17, 15) is 0 Å². The van der Waals surface area contributed by atoms with E-state index < -0.39 is 0 Å². The Balaban J connectivity index is 0.00000196. The van der Waals surface area contributed by atoms with Crippen molar-refractivity contribution in [1.82, 2.24) is 15.0 Å². The van der Waals surface area contributed by atoms with Crippen LogP contribution >= 0.6 is 24.0 Å². The van der Waals surface area contributed by atoms with Crippen LogP contribution in [0.25, 0.3) is 10.9 Å². The monoisotopic (exact) mass is 389 g/mol. The van der Waals surface area contributed by atoms with Crippen LogP contribution in [0.1, 0.15) is 24.8 Å². The maximum Gasteiger partial charge on any atom is 0.227 e.